The Hall–Kier alpha value is -7.16. The molecule has 8 rings (SSSR count). The molecule has 0 unspecified atom stereocenters. The Labute approximate surface area is 431 Å². The summed E-state index contributed by atoms with van der Waals surface area (Å²) in [4.78, 5) is 82.6. The van der Waals surface area contributed by atoms with E-state index in [4.69, 9.17) is 23.7 Å². The summed E-state index contributed by atoms with van der Waals surface area (Å²) < 4.78 is 114. The smallest absolute Gasteiger partial charge is 0.278 e. The van der Waals surface area contributed by atoms with Crippen LogP contribution in [0.4, 0.5) is 26.3 Å². The average molecular weight is 1080 g/mol. The predicted molar refractivity (Wildman–Crippen MR) is 258 cm³/mol. The number of benzene rings is 2. The second-order valence-corrected chi connectivity index (χ2v) is 18.5. The van der Waals surface area contributed by atoms with E-state index in [0.29, 0.717) is 30.7 Å². The van der Waals surface area contributed by atoms with Crippen LogP contribution in [0.1, 0.15) is 100 Å². The number of halogens is 6. The monoisotopic (exact) mass is 1080 g/mol. The lowest BCUT2D eigenvalue weighted by atomic mass is 10.0. The van der Waals surface area contributed by atoms with Crippen LogP contribution in [-0.4, -0.2) is 145 Å². The Balaban J connectivity index is 0.000000222. The van der Waals surface area contributed by atoms with Crippen LogP contribution in [0.2, 0.25) is 0 Å². The highest BCUT2D eigenvalue weighted by molar-refractivity contribution is 6.00. The summed E-state index contributed by atoms with van der Waals surface area (Å²) in [7, 11) is 6.04. The molecular weight excluding hydrogens is 1020 g/mol. The van der Waals surface area contributed by atoms with Crippen molar-refractivity contribution in [1.29, 1.82) is 0 Å². The number of pyridine rings is 2. The highest BCUT2D eigenvalue weighted by Gasteiger charge is 2.50. The molecule has 2 aromatic carbocycles. The molecule has 0 radical (unpaired) electrons. The largest absolute Gasteiger partial charge is 0.502 e. The zero-order chi connectivity index (χ0) is 55.8. The van der Waals surface area contributed by atoms with Crippen LogP contribution in [0, 0.1) is 34.9 Å². The van der Waals surface area contributed by atoms with E-state index in [1.165, 1.54) is 48.9 Å². The van der Waals surface area contributed by atoms with Crippen LogP contribution in [0.25, 0.3) is 0 Å². The summed E-state index contributed by atoms with van der Waals surface area (Å²) in [6.07, 6.45) is 1.59. The maximum absolute atomic E-state index is 14.1. The standard InChI is InChI=1S/C27H33F3N4O6.C23H25F3N4O6/c1-6-7-8-40-25-21-27(37)32-13-34(15(3)24(39-5)23(38-4)14(32)2)33(21)12-18(22(25)35)26(36)31-11-17-19(29)9-16(28)10-20(17)30;1-10-20(35-3)21(36-4)11(2)30-9-28(10)23(34)17-19(32)18(31)14(8-29(17)30)22(33)27-7-13-15(25)5-12(24)6-16(13)26/h9-10,12,14-15,23-24H,6-8,11,13H2,1-5H3,(H,31,36);5-6,8,10-11,20-21,32H,7,9H2,1-4H3,(H,27,33)/t14-,15+,23+,24-;10-,11+,20+,21-/m00/s1. The van der Waals surface area contributed by atoms with Crippen molar-refractivity contribution in [3.63, 3.8) is 0 Å². The molecule has 0 aliphatic carbocycles. The average Bonchev–Trinajstić information content (AvgIpc) is 3.54. The molecule has 4 aromatic rings. The molecule has 3 N–H and O–H groups in total. The molecule has 76 heavy (non-hydrogen) atoms. The van der Waals surface area contributed by atoms with Gasteiger partial charge in [-0.2, -0.15) is 0 Å². The minimum atomic E-state index is -1.21. The van der Waals surface area contributed by atoms with Gasteiger partial charge < -0.3 is 49.2 Å². The van der Waals surface area contributed by atoms with E-state index in [1.54, 1.807) is 28.8 Å². The summed E-state index contributed by atoms with van der Waals surface area (Å²) in [6, 6.07) is 0.175. The lowest BCUT2D eigenvalue weighted by molar-refractivity contribution is -0.0649. The second-order valence-electron chi connectivity index (χ2n) is 18.5. The zero-order valence-corrected chi connectivity index (χ0v) is 42.9. The molecule has 0 spiro atoms. The number of rotatable bonds is 14. The highest BCUT2D eigenvalue weighted by Crippen LogP contribution is 2.34. The lowest BCUT2D eigenvalue weighted by Gasteiger charge is -2.42. The van der Waals surface area contributed by atoms with Gasteiger partial charge in [-0.3, -0.25) is 48.1 Å². The highest BCUT2D eigenvalue weighted by atomic mass is 19.2. The normalized spacial score (nSPS) is 22.7. The van der Waals surface area contributed by atoms with Gasteiger partial charge in [0, 0.05) is 89.3 Å². The Morgan fingerprint density at radius 3 is 1.36 bits per heavy atom. The molecule has 6 heterocycles. The summed E-state index contributed by atoms with van der Waals surface area (Å²) in [5.41, 5.74) is -4.53. The molecule has 4 aliphatic rings. The summed E-state index contributed by atoms with van der Waals surface area (Å²) >= 11 is 0. The number of carbonyl (C=O) groups is 4. The number of aromatic hydroxyl groups is 1. The number of hydrogen-bond donors (Lipinski definition) is 3. The fraction of sp³-hybridized carbons (Fsp3) is 0.480. The summed E-state index contributed by atoms with van der Waals surface area (Å²) in [6.45, 7) is 8.12. The van der Waals surface area contributed by atoms with E-state index in [2.05, 4.69) is 10.6 Å². The molecule has 20 nitrogen and oxygen atoms in total. The third-order valence-electron chi connectivity index (χ3n) is 14.2. The van der Waals surface area contributed by atoms with E-state index in [-0.39, 0.29) is 37.1 Å². The number of hydrogen-bond acceptors (Lipinski definition) is 14. The molecule has 2 aromatic heterocycles. The molecule has 412 valence electrons. The molecular formula is C50H58F6N8O12. The van der Waals surface area contributed by atoms with Crippen LogP contribution in [0.15, 0.2) is 46.2 Å². The Bertz CT molecular complexity index is 2990. The van der Waals surface area contributed by atoms with Gasteiger partial charge in [-0.1, -0.05) is 13.3 Å². The van der Waals surface area contributed by atoms with Crippen molar-refractivity contribution < 1.29 is 74.3 Å². The fourth-order valence-corrected chi connectivity index (χ4v) is 10.00. The molecule has 0 saturated carbocycles. The molecule has 4 amide bonds. The molecule has 8 atom stereocenters. The molecule has 2 fully saturated rings. The number of unbranched alkanes of at least 4 members (excludes halogenated alkanes) is 1. The number of amides is 4. The first-order valence-electron chi connectivity index (χ1n) is 24.1. The first-order chi connectivity index (χ1) is 36.1. The van der Waals surface area contributed by atoms with Gasteiger partial charge in [-0.15, -0.1) is 0 Å². The van der Waals surface area contributed by atoms with E-state index in [9.17, 15) is 60.2 Å². The van der Waals surface area contributed by atoms with Crippen LogP contribution in [-0.2, 0) is 32.0 Å². The van der Waals surface area contributed by atoms with Gasteiger partial charge in [-0.05, 0) is 34.1 Å². The third kappa shape index (κ3) is 10.3. The van der Waals surface area contributed by atoms with Crippen molar-refractivity contribution in [2.75, 3.05) is 58.4 Å². The van der Waals surface area contributed by atoms with E-state index in [0.717, 1.165) is 12.6 Å². The number of aromatic nitrogens is 2. The van der Waals surface area contributed by atoms with Crippen molar-refractivity contribution in [1.82, 2.24) is 29.8 Å². The van der Waals surface area contributed by atoms with E-state index in [1.807, 2.05) is 20.8 Å². The predicted octanol–water partition coefficient (Wildman–Crippen LogP) is 3.62. The van der Waals surface area contributed by atoms with Gasteiger partial charge in [0.15, 0.2) is 22.9 Å². The minimum Gasteiger partial charge on any atom is -0.502 e. The van der Waals surface area contributed by atoms with Crippen molar-refractivity contribution in [2.45, 2.75) is 109 Å². The second kappa shape index (κ2) is 23.0. The molecule has 4 aliphatic heterocycles. The van der Waals surface area contributed by atoms with E-state index >= 15 is 0 Å². The minimum absolute atomic E-state index is 0.0449. The van der Waals surface area contributed by atoms with Crippen molar-refractivity contribution in [2.24, 2.45) is 0 Å². The molecule has 26 heteroatoms. The van der Waals surface area contributed by atoms with Gasteiger partial charge in [0.25, 0.3) is 23.6 Å². The van der Waals surface area contributed by atoms with Crippen molar-refractivity contribution in [3.05, 3.63) is 126 Å². The van der Waals surface area contributed by atoms with Gasteiger partial charge in [0.05, 0.1) is 30.8 Å². The number of ether oxygens (including phenoxy) is 5. The van der Waals surface area contributed by atoms with Gasteiger partial charge in [-0.25, -0.2) is 26.3 Å². The van der Waals surface area contributed by atoms with Crippen molar-refractivity contribution >= 4 is 23.6 Å². The number of nitrogens with zero attached hydrogens (tertiary/aromatic N) is 6. The van der Waals surface area contributed by atoms with Gasteiger partial charge >= 0.3 is 0 Å². The topological polar surface area (TPSA) is 216 Å². The maximum Gasteiger partial charge on any atom is 0.278 e. The first kappa shape index (κ1) is 56.6. The van der Waals surface area contributed by atoms with Crippen LogP contribution < -0.4 is 36.2 Å². The Kier molecular flexibility index (Phi) is 17.1. The number of fused-ring (bicyclic) bond motifs is 8. The number of carbonyl (C=O) groups excluding carboxylic acids is 4. The van der Waals surface area contributed by atoms with Crippen LogP contribution in [0.5, 0.6) is 11.5 Å². The maximum atomic E-state index is 14.1. The van der Waals surface area contributed by atoms with Crippen molar-refractivity contribution in [3.8, 4) is 11.5 Å². The Morgan fingerprint density at radius 2 is 0.961 bits per heavy atom. The lowest BCUT2D eigenvalue weighted by Crippen LogP contribution is -2.58. The number of methoxy groups -OCH3 is 4. The first-order valence-corrected chi connectivity index (χ1v) is 24.1. The quantitative estimate of drug-likeness (QED) is 0.122. The molecule has 4 bridgehead atoms. The Morgan fingerprint density at radius 1 is 0.592 bits per heavy atom. The van der Waals surface area contributed by atoms with Gasteiger partial charge in [0.1, 0.15) is 83.8 Å². The third-order valence-corrected chi connectivity index (χ3v) is 14.2. The van der Waals surface area contributed by atoms with Crippen LogP contribution in [0.3, 0.4) is 0 Å². The fourth-order valence-electron chi connectivity index (χ4n) is 10.00. The molecule has 2 saturated heterocycles. The van der Waals surface area contributed by atoms with E-state index < -0.39 is 159 Å². The summed E-state index contributed by atoms with van der Waals surface area (Å²) in [5.74, 6) is -11.4. The van der Waals surface area contributed by atoms with Crippen LogP contribution >= 0.6 is 0 Å². The SMILES string of the molecule is CCCCOc1c2n(cc(C(=O)NCc3c(F)cc(F)cc3F)c1=O)N1CN(C2=O)[C@@H](C)[C@@H](OC)[C@@H](OC)[C@H]1C.CO[C@@H]1[C@H](OC)[C@H](C)N2CN([C@@H]1C)n1cc(C(=O)NCc3c(F)cc(F)cc3F)c(=O)c(O)c1C2=O. The van der Waals surface area contributed by atoms with Gasteiger partial charge in [0.2, 0.25) is 10.9 Å². The zero-order valence-electron chi connectivity index (χ0n) is 42.9. The summed E-state index contributed by atoms with van der Waals surface area (Å²) in [5, 5.41) is 18.6. The number of nitrogens with one attached hydrogen (secondary N) is 2.